The van der Waals surface area contributed by atoms with Crippen LogP contribution in [0.3, 0.4) is 0 Å². The first-order valence-electron chi connectivity index (χ1n) is 7.00. The van der Waals surface area contributed by atoms with E-state index >= 15 is 0 Å². The van der Waals surface area contributed by atoms with Crippen molar-refractivity contribution < 1.29 is 22.0 Å². The van der Waals surface area contributed by atoms with Crippen LogP contribution in [-0.2, 0) is 10.0 Å². The molecule has 0 atom stereocenters. The number of hydrogen-bond donors (Lipinski definition) is 2. The average Bonchev–Trinajstić information content (AvgIpc) is 2.61. The van der Waals surface area contributed by atoms with Crippen LogP contribution in [0.4, 0.5) is 8.78 Å². The van der Waals surface area contributed by atoms with E-state index in [0.717, 1.165) is 11.5 Å². The maximum Gasteiger partial charge on any atom is 0.284 e. The second-order valence-electron chi connectivity index (χ2n) is 5.02. The van der Waals surface area contributed by atoms with Crippen molar-refractivity contribution in [2.75, 3.05) is 0 Å². The van der Waals surface area contributed by atoms with Gasteiger partial charge >= 0.3 is 0 Å². The zero-order chi connectivity index (χ0) is 18.0. The average molecular weight is 363 g/mol. The number of rotatable bonds is 4. The molecule has 1 heterocycles. The first kappa shape index (κ1) is 16.9. The third-order valence-corrected chi connectivity index (χ3v) is 4.58. The van der Waals surface area contributed by atoms with E-state index < -0.39 is 32.5 Å². The van der Waals surface area contributed by atoms with Crippen molar-refractivity contribution in [2.45, 2.75) is 4.90 Å². The van der Waals surface area contributed by atoms with E-state index in [2.05, 4.69) is 4.98 Å². The summed E-state index contributed by atoms with van der Waals surface area (Å²) in [7, 11) is -4.26. The topological polar surface area (TPSA) is 88.2 Å². The molecule has 0 unspecified atom stereocenters. The standard InChI is InChI=1S/C16H11F2N3O3S/c17-12-7-6-11(9-13(12)18)25(23,24)21-20-16(22)15-8-5-10-3-1-2-4-14(10)19-15/h1-9,21H,(H,20,22). The first-order chi connectivity index (χ1) is 11.9. The minimum Gasteiger partial charge on any atom is -0.272 e. The van der Waals surface area contributed by atoms with Gasteiger partial charge in [-0.3, -0.25) is 10.2 Å². The van der Waals surface area contributed by atoms with E-state index in [9.17, 15) is 22.0 Å². The molecule has 0 saturated heterocycles. The molecule has 6 nitrogen and oxygen atoms in total. The molecule has 0 bridgehead atoms. The van der Waals surface area contributed by atoms with Crippen molar-refractivity contribution >= 4 is 26.8 Å². The molecule has 2 aromatic carbocycles. The number of hydrazine groups is 1. The minimum absolute atomic E-state index is 0.00770. The van der Waals surface area contributed by atoms with Crippen LogP contribution < -0.4 is 10.3 Å². The van der Waals surface area contributed by atoms with Crippen LogP contribution in [0.2, 0.25) is 0 Å². The summed E-state index contributed by atoms with van der Waals surface area (Å²) >= 11 is 0. The number of carbonyl (C=O) groups excluding carboxylic acids is 1. The number of carbonyl (C=O) groups is 1. The van der Waals surface area contributed by atoms with Gasteiger partial charge in [-0.05, 0) is 30.3 Å². The quantitative estimate of drug-likeness (QED) is 0.695. The highest BCUT2D eigenvalue weighted by molar-refractivity contribution is 7.89. The summed E-state index contributed by atoms with van der Waals surface area (Å²) in [4.78, 5) is 17.5. The summed E-state index contributed by atoms with van der Waals surface area (Å²) in [6.07, 6.45) is 0. The summed E-state index contributed by atoms with van der Waals surface area (Å²) in [6, 6.07) is 12.3. The normalized spacial score (nSPS) is 11.4. The van der Waals surface area contributed by atoms with Crippen LogP contribution in [-0.4, -0.2) is 19.3 Å². The Morgan fingerprint density at radius 3 is 2.48 bits per heavy atom. The number of halogens is 2. The highest BCUT2D eigenvalue weighted by atomic mass is 32.2. The number of para-hydroxylation sites is 1. The molecule has 1 aromatic heterocycles. The monoisotopic (exact) mass is 363 g/mol. The lowest BCUT2D eigenvalue weighted by molar-refractivity contribution is 0.0940. The van der Waals surface area contributed by atoms with Crippen molar-refractivity contribution in [3.8, 4) is 0 Å². The molecule has 1 amide bonds. The van der Waals surface area contributed by atoms with Crippen LogP contribution in [0.5, 0.6) is 0 Å². The fourth-order valence-electron chi connectivity index (χ4n) is 2.07. The van der Waals surface area contributed by atoms with Gasteiger partial charge < -0.3 is 0 Å². The van der Waals surface area contributed by atoms with Gasteiger partial charge in [0.15, 0.2) is 11.6 Å². The number of amides is 1. The Balaban J connectivity index is 1.77. The maximum atomic E-state index is 13.2. The molecule has 0 aliphatic heterocycles. The van der Waals surface area contributed by atoms with Crippen LogP contribution >= 0.6 is 0 Å². The van der Waals surface area contributed by atoms with E-state index in [0.29, 0.717) is 17.6 Å². The van der Waals surface area contributed by atoms with Crippen molar-refractivity contribution in [1.29, 1.82) is 0 Å². The van der Waals surface area contributed by atoms with Gasteiger partial charge in [-0.25, -0.2) is 22.2 Å². The maximum absolute atomic E-state index is 13.2. The first-order valence-corrected chi connectivity index (χ1v) is 8.48. The van der Waals surface area contributed by atoms with Crippen LogP contribution in [0.1, 0.15) is 10.5 Å². The molecule has 3 aromatic rings. The summed E-state index contributed by atoms with van der Waals surface area (Å²) < 4.78 is 50.1. The lowest BCUT2D eigenvalue weighted by atomic mass is 10.2. The van der Waals surface area contributed by atoms with E-state index in [4.69, 9.17) is 0 Å². The van der Waals surface area contributed by atoms with Gasteiger partial charge in [-0.2, -0.15) is 0 Å². The third kappa shape index (κ3) is 3.62. The molecular formula is C16H11F2N3O3S. The Bertz CT molecular complexity index is 1070. The van der Waals surface area contributed by atoms with Gasteiger partial charge in [0.1, 0.15) is 5.69 Å². The molecule has 9 heteroatoms. The van der Waals surface area contributed by atoms with E-state index in [-0.39, 0.29) is 5.69 Å². The number of fused-ring (bicyclic) bond motifs is 1. The zero-order valence-electron chi connectivity index (χ0n) is 12.5. The lowest BCUT2D eigenvalue weighted by Crippen LogP contribution is -2.41. The predicted octanol–water partition coefficient (Wildman–Crippen LogP) is 2.14. The molecule has 128 valence electrons. The van der Waals surface area contributed by atoms with Gasteiger partial charge in [0, 0.05) is 5.39 Å². The van der Waals surface area contributed by atoms with Gasteiger partial charge in [-0.1, -0.05) is 24.3 Å². The number of sulfonamides is 1. The zero-order valence-corrected chi connectivity index (χ0v) is 13.3. The van der Waals surface area contributed by atoms with E-state index in [1.165, 1.54) is 6.07 Å². The number of nitrogens with zero attached hydrogens (tertiary/aromatic N) is 1. The van der Waals surface area contributed by atoms with E-state index in [1.54, 1.807) is 18.2 Å². The number of aromatic nitrogens is 1. The fourth-order valence-corrected chi connectivity index (χ4v) is 2.92. The van der Waals surface area contributed by atoms with E-state index in [1.807, 2.05) is 22.4 Å². The third-order valence-electron chi connectivity index (χ3n) is 3.33. The molecule has 0 radical (unpaired) electrons. The Morgan fingerprint density at radius 1 is 0.960 bits per heavy atom. The summed E-state index contributed by atoms with van der Waals surface area (Å²) in [6.45, 7) is 0. The van der Waals surface area contributed by atoms with Crippen LogP contribution in [0, 0.1) is 11.6 Å². The second kappa shape index (κ2) is 6.54. The Labute approximate surface area is 141 Å². The number of benzene rings is 2. The van der Waals surface area contributed by atoms with Crippen molar-refractivity contribution in [3.05, 3.63) is 71.9 Å². The molecule has 0 saturated carbocycles. The Morgan fingerprint density at radius 2 is 1.72 bits per heavy atom. The number of hydrogen-bond acceptors (Lipinski definition) is 4. The summed E-state index contributed by atoms with van der Waals surface area (Å²) in [5.74, 6) is -3.29. The fraction of sp³-hybridized carbons (Fsp3) is 0. The largest absolute Gasteiger partial charge is 0.284 e. The SMILES string of the molecule is O=C(NNS(=O)(=O)c1ccc(F)c(F)c1)c1ccc2ccccc2n1. The molecule has 0 fully saturated rings. The van der Waals surface area contributed by atoms with Gasteiger partial charge in [-0.15, -0.1) is 4.83 Å². The highest BCUT2D eigenvalue weighted by Gasteiger charge is 2.18. The van der Waals surface area contributed by atoms with Crippen LogP contribution in [0.25, 0.3) is 10.9 Å². The molecule has 2 N–H and O–H groups in total. The van der Waals surface area contributed by atoms with Crippen molar-refractivity contribution in [3.63, 3.8) is 0 Å². The second-order valence-corrected chi connectivity index (χ2v) is 6.71. The van der Waals surface area contributed by atoms with Gasteiger partial charge in [0.25, 0.3) is 15.9 Å². The Kier molecular flexibility index (Phi) is 4.43. The smallest absolute Gasteiger partial charge is 0.272 e. The van der Waals surface area contributed by atoms with Crippen molar-refractivity contribution in [2.24, 2.45) is 0 Å². The minimum atomic E-state index is -4.26. The predicted molar refractivity (Wildman–Crippen MR) is 85.9 cm³/mol. The molecule has 0 aliphatic rings. The molecular weight excluding hydrogens is 352 g/mol. The molecule has 25 heavy (non-hydrogen) atoms. The summed E-state index contributed by atoms with van der Waals surface area (Å²) in [5.41, 5.74) is 2.54. The molecule has 3 rings (SSSR count). The van der Waals surface area contributed by atoms with Gasteiger partial charge in [0.2, 0.25) is 0 Å². The number of pyridine rings is 1. The number of nitrogens with one attached hydrogen (secondary N) is 2. The van der Waals surface area contributed by atoms with Crippen molar-refractivity contribution in [1.82, 2.24) is 15.2 Å². The summed E-state index contributed by atoms with van der Waals surface area (Å²) in [5, 5.41) is 0.821. The Hall–Kier alpha value is -2.91. The molecule has 0 spiro atoms. The molecule has 0 aliphatic carbocycles. The lowest BCUT2D eigenvalue weighted by Gasteiger charge is -2.09. The van der Waals surface area contributed by atoms with Crippen LogP contribution in [0.15, 0.2) is 59.5 Å². The van der Waals surface area contributed by atoms with Gasteiger partial charge in [0.05, 0.1) is 10.4 Å². The highest BCUT2D eigenvalue weighted by Crippen LogP contribution is 2.14.